The first-order chi connectivity index (χ1) is 13.0. The highest BCUT2D eigenvalue weighted by atomic mass is 16.7. The molecule has 5 rings (SSSR count). The minimum absolute atomic E-state index is 0.0472. The van der Waals surface area contributed by atoms with Crippen LogP contribution in [0.3, 0.4) is 0 Å². The largest absolute Gasteiger partial charge is 0.389 e. The van der Waals surface area contributed by atoms with Gasteiger partial charge in [0.15, 0.2) is 6.10 Å². The van der Waals surface area contributed by atoms with Gasteiger partial charge in [0.05, 0.1) is 17.7 Å². The molecule has 1 saturated carbocycles. The standard InChI is InChI=1S/C22H22N2O3/c1-12-9-13(2)18(14(3)10-12)22(25)24-16-11-17(27-24)21-19(16)20(23-26-21)15-7-5-4-6-8-15/h4-10,16-17,19,21H,11H2,1-3H3/t16-,17+,19-,21-/m1/s1. The number of hydrogen-bond donors (Lipinski definition) is 0. The zero-order chi connectivity index (χ0) is 18.7. The molecule has 4 atom stereocenters. The van der Waals surface area contributed by atoms with Gasteiger partial charge >= 0.3 is 0 Å². The number of fused-ring (bicyclic) bond motifs is 5. The molecule has 3 aliphatic rings. The number of oxime groups is 1. The third-order valence-electron chi connectivity index (χ3n) is 5.91. The van der Waals surface area contributed by atoms with Gasteiger partial charge < -0.3 is 4.84 Å². The van der Waals surface area contributed by atoms with E-state index in [0.717, 1.165) is 39.9 Å². The van der Waals surface area contributed by atoms with Crippen LogP contribution in [-0.4, -0.2) is 34.9 Å². The lowest BCUT2D eigenvalue weighted by atomic mass is 9.90. The lowest BCUT2D eigenvalue weighted by molar-refractivity contribution is -0.196. The SMILES string of the molecule is Cc1cc(C)c(C(=O)N2O[C@H]3C[C@@H]2[C@@H]2C(c4ccccc4)=NO[C@@H]23)c(C)c1. The van der Waals surface area contributed by atoms with Crippen molar-refractivity contribution in [1.29, 1.82) is 0 Å². The summed E-state index contributed by atoms with van der Waals surface area (Å²) in [5, 5.41) is 5.93. The molecule has 5 heteroatoms. The van der Waals surface area contributed by atoms with Gasteiger partial charge in [-0.2, -0.15) is 0 Å². The average Bonchev–Trinajstić information content (AvgIpc) is 3.33. The third-order valence-corrected chi connectivity index (χ3v) is 5.91. The molecule has 0 unspecified atom stereocenters. The van der Waals surface area contributed by atoms with Gasteiger partial charge in [-0.25, -0.2) is 5.06 Å². The smallest absolute Gasteiger partial charge is 0.278 e. The lowest BCUT2D eigenvalue weighted by Gasteiger charge is -2.33. The monoisotopic (exact) mass is 362 g/mol. The fraction of sp³-hybridized carbons (Fsp3) is 0.364. The van der Waals surface area contributed by atoms with Crippen LogP contribution < -0.4 is 0 Å². The Labute approximate surface area is 158 Å². The van der Waals surface area contributed by atoms with Crippen LogP contribution >= 0.6 is 0 Å². The van der Waals surface area contributed by atoms with Crippen LogP contribution in [0.25, 0.3) is 0 Å². The maximum atomic E-state index is 13.3. The van der Waals surface area contributed by atoms with Gasteiger partial charge in [-0.3, -0.25) is 9.63 Å². The van der Waals surface area contributed by atoms with Crippen molar-refractivity contribution in [3.8, 4) is 0 Å². The molecule has 1 amide bonds. The lowest BCUT2D eigenvalue weighted by Crippen LogP contribution is -2.49. The second-order valence-corrected chi connectivity index (χ2v) is 7.79. The van der Waals surface area contributed by atoms with Gasteiger partial charge in [0.2, 0.25) is 0 Å². The van der Waals surface area contributed by atoms with Crippen molar-refractivity contribution in [3.63, 3.8) is 0 Å². The van der Waals surface area contributed by atoms with Crippen molar-refractivity contribution in [1.82, 2.24) is 5.06 Å². The van der Waals surface area contributed by atoms with E-state index in [9.17, 15) is 4.79 Å². The van der Waals surface area contributed by atoms with Gasteiger partial charge in [-0.1, -0.05) is 53.2 Å². The number of benzene rings is 2. The van der Waals surface area contributed by atoms with Crippen molar-refractivity contribution in [2.45, 2.75) is 45.4 Å². The van der Waals surface area contributed by atoms with Gasteiger partial charge in [-0.15, -0.1) is 0 Å². The molecule has 0 aromatic heterocycles. The Morgan fingerprint density at radius 2 is 1.81 bits per heavy atom. The van der Waals surface area contributed by atoms with Crippen LogP contribution in [-0.2, 0) is 9.68 Å². The number of carbonyl (C=O) groups is 1. The van der Waals surface area contributed by atoms with E-state index in [-0.39, 0.29) is 30.1 Å². The summed E-state index contributed by atoms with van der Waals surface area (Å²) in [7, 11) is 0. The topological polar surface area (TPSA) is 51.1 Å². The van der Waals surface area contributed by atoms with Gasteiger partial charge in [-0.05, 0) is 37.5 Å². The Morgan fingerprint density at radius 1 is 1.11 bits per heavy atom. The number of nitrogens with zero attached hydrogens (tertiary/aromatic N) is 2. The number of carbonyl (C=O) groups excluding carboxylic acids is 1. The predicted octanol–water partition coefficient (Wildman–Crippen LogP) is 3.56. The van der Waals surface area contributed by atoms with Crippen molar-refractivity contribution in [2.75, 3.05) is 0 Å². The van der Waals surface area contributed by atoms with E-state index >= 15 is 0 Å². The minimum atomic E-state index is -0.125. The maximum Gasteiger partial charge on any atom is 0.278 e. The Bertz CT molecular complexity index is 930. The summed E-state index contributed by atoms with van der Waals surface area (Å²) < 4.78 is 0. The van der Waals surface area contributed by atoms with E-state index in [2.05, 4.69) is 5.16 Å². The summed E-state index contributed by atoms with van der Waals surface area (Å²) in [6.07, 6.45) is 0.561. The number of hydrogen-bond acceptors (Lipinski definition) is 4. The summed E-state index contributed by atoms with van der Waals surface area (Å²) in [6.45, 7) is 6.02. The molecular formula is C22H22N2O3. The molecule has 5 nitrogen and oxygen atoms in total. The van der Waals surface area contributed by atoms with E-state index in [4.69, 9.17) is 9.68 Å². The van der Waals surface area contributed by atoms with Crippen LogP contribution in [0.5, 0.6) is 0 Å². The molecule has 0 radical (unpaired) electrons. The van der Waals surface area contributed by atoms with Crippen molar-refractivity contribution in [3.05, 3.63) is 70.3 Å². The van der Waals surface area contributed by atoms with Crippen molar-refractivity contribution in [2.24, 2.45) is 11.1 Å². The molecule has 2 aromatic rings. The highest BCUT2D eigenvalue weighted by Gasteiger charge is 2.61. The summed E-state index contributed by atoms with van der Waals surface area (Å²) in [6, 6.07) is 14.1. The van der Waals surface area contributed by atoms with Gasteiger partial charge in [0.25, 0.3) is 5.91 Å². The first-order valence-electron chi connectivity index (χ1n) is 9.42. The molecule has 138 valence electrons. The first kappa shape index (κ1) is 16.5. The highest BCUT2D eigenvalue weighted by molar-refractivity contribution is 6.04. The zero-order valence-corrected chi connectivity index (χ0v) is 15.7. The van der Waals surface area contributed by atoms with Crippen LogP contribution in [0, 0.1) is 26.7 Å². The van der Waals surface area contributed by atoms with E-state index < -0.39 is 0 Å². The molecule has 2 aliphatic heterocycles. The van der Waals surface area contributed by atoms with Crippen molar-refractivity contribution >= 4 is 11.6 Å². The second-order valence-electron chi connectivity index (χ2n) is 7.79. The number of aryl methyl sites for hydroxylation is 3. The predicted molar refractivity (Wildman–Crippen MR) is 101 cm³/mol. The van der Waals surface area contributed by atoms with E-state index in [0.29, 0.717) is 0 Å². The quantitative estimate of drug-likeness (QED) is 0.821. The molecule has 2 bridgehead atoms. The fourth-order valence-corrected chi connectivity index (χ4v) is 4.87. The number of amides is 1. The molecular weight excluding hydrogens is 340 g/mol. The normalized spacial score (nSPS) is 28.1. The van der Waals surface area contributed by atoms with Gasteiger partial charge in [0.1, 0.15) is 6.10 Å². The van der Waals surface area contributed by atoms with E-state index in [1.807, 2.05) is 63.2 Å². The summed E-state index contributed by atoms with van der Waals surface area (Å²) >= 11 is 0. The molecule has 2 aromatic carbocycles. The van der Waals surface area contributed by atoms with Crippen LogP contribution in [0.15, 0.2) is 47.6 Å². The van der Waals surface area contributed by atoms with Crippen LogP contribution in [0.2, 0.25) is 0 Å². The molecule has 1 saturated heterocycles. The Balaban J connectivity index is 1.48. The third kappa shape index (κ3) is 2.42. The Hall–Kier alpha value is -2.66. The highest BCUT2D eigenvalue weighted by Crippen LogP contribution is 2.46. The van der Waals surface area contributed by atoms with E-state index in [1.165, 1.54) is 0 Å². The molecule has 27 heavy (non-hydrogen) atoms. The molecule has 0 N–H and O–H groups in total. The summed E-state index contributed by atoms with van der Waals surface area (Å²) in [5.41, 5.74) is 5.84. The first-order valence-corrected chi connectivity index (χ1v) is 9.42. The van der Waals surface area contributed by atoms with E-state index in [1.54, 1.807) is 5.06 Å². The molecule has 1 aliphatic carbocycles. The average molecular weight is 362 g/mol. The molecule has 2 heterocycles. The molecule has 0 spiro atoms. The maximum absolute atomic E-state index is 13.3. The summed E-state index contributed by atoms with van der Waals surface area (Å²) in [5.74, 6) is -0.00331. The fourth-order valence-electron chi connectivity index (χ4n) is 4.87. The zero-order valence-electron chi connectivity index (χ0n) is 15.7. The Morgan fingerprint density at radius 3 is 2.52 bits per heavy atom. The second kappa shape index (κ2) is 5.92. The van der Waals surface area contributed by atoms with Gasteiger partial charge in [0, 0.05) is 12.0 Å². The molecule has 2 fully saturated rings. The van der Waals surface area contributed by atoms with Crippen LogP contribution in [0.4, 0.5) is 0 Å². The minimum Gasteiger partial charge on any atom is -0.389 e. The Kier molecular flexibility index (Phi) is 3.62. The summed E-state index contributed by atoms with van der Waals surface area (Å²) in [4.78, 5) is 25.0. The van der Waals surface area contributed by atoms with Crippen LogP contribution in [0.1, 0.15) is 39.0 Å². The number of hydroxylamine groups is 2. The number of rotatable bonds is 2. The van der Waals surface area contributed by atoms with Crippen molar-refractivity contribution < 1.29 is 14.5 Å².